The van der Waals surface area contributed by atoms with Gasteiger partial charge in [0, 0.05) is 54.5 Å². The Hall–Kier alpha value is -10.7. The highest BCUT2D eigenvalue weighted by Gasteiger charge is 2.28. The van der Waals surface area contributed by atoms with E-state index in [1.807, 2.05) is 6.07 Å². The number of hydrogen-bond acceptors (Lipinski definition) is 4. The summed E-state index contributed by atoms with van der Waals surface area (Å²) in [4.78, 5) is 10.9. The minimum absolute atomic E-state index is 0.801. The van der Waals surface area contributed by atoms with Gasteiger partial charge in [-0.15, -0.1) is 0 Å². The van der Waals surface area contributed by atoms with Crippen LogP contribution in [-0.2, 0) is 0 Å². The lowest BCUT2D eigenvalue weighted by Gasteiger charge is -2.14. The van der Waals surface area contributed by atoms with Gasteiger partial charge >= 0.3 is 0 Å². The molecule has 0 spiro atoms. The lowest BCUT2D eigenvalue weighted by Crippen LogP contribution is -2.05. The summed E-state index contributed by atoms with van der Waals surface area (Å²) in [7, 11) is 0. The maximum atomic E-state index is 7.18. The molecule has 0 aliphatic rings. The number of imidazole rings is 2. The third-order valence-electron chi connectivity index (χ3n) is 16.4. The van der Waals surface area contributed by atoms with Crippen LogP contribution < -0.4 is 0 Å². The van der Waals surface area contributed by atoms with E-state index in [-0.39, 0.29) is 0 Å². The zero-order valence-electron chi connectivity index (χ0n) is 41.6. The van der Waals surface area contributed by atoms with Crippen molar-refractivity contribution in [3.05, 3.63) is 243 Å². The van der Waals surface area contributed by atoms with E-state index in [0.717, 1.165) is 165 Å². The van der Waals surface area contributed by atoms with E-state index in [9.17, 15) is 0 Å². The molecule has 0 atom stereocenters. The Morgan fingerprint density at radius 2 is 0.718 bits per heavy atom. The van der Waals surface area contributed by atoms with Gasteiger partial charge < -0.3 is 8.83 Å². The van der Waals surface area contributed by atoms with Crippen molar-refractivity contribution < 1.29 is 8.83 Å². The molecule has 0 aliphatic carbocycles. The van der Waals surface area contributed by atoms with Crippen LogP contribution in [0, 0.1) is 0 Å². The predicted molar refractivity (Wildman–Crippen MR) is 319 cm³/mol. The van der Waals surface area contributed by atoms with E-state index < -0.39 is 0 Å². The van der Waals surface area contributed by atoms with Gasteiger partial charge in [0.05, 0.1) is 44.0 Å². The monoisotopic (exact) mass is 996 g/mol. The van der Waals surface area contributed by atoms with Crippen molar-refractivity contribution in [3.8, 4) is 34.4 Å². The number of rotatable bonds is 5. The molecule has 362 valence electrons. The van der Waals surface area contributed by atoms with Gasteiger partial charge in [-0.1, -0.05) is 164 Å². The second-order valence-electron chi connectivity index (χ2n) is 20.4. The van der Waals surface area contributed by atoms with Crippen LogP contribution >= 0.6 is 0 Å². The molecule has 0 saturated carbocycles. The van der Waals surface area contributed by atoms with Gasteiger partial charge in [0.1, 0.15) is 22.3 Å². The first-order chi connectivity index (χ1) is 38.7. The van der Waals surface area contributed by atoms with Crippen LogP contribution in [-0.4, -0.2) is 28.2 Å². The molecule has 0 radical (unpaired) electrons. The summed E-state index contributed by atoms with van der Waals surface area (Å²) in [5, 5.41) is 13.4. The van der Waals surface area contributed by atoms with Crippen LogP contribution in [0.1, 0.15) is 0 Å². The standard InChI is InChI=1S/C70H40N6O2/c1-2-18-43(19-3-1)73-57-31-15-11-27-53(57)72-70(73)76-55-29-13-8-24-49(55)61-45-20-4-5-21-46(45)63-52-40-42(36-39-60(52)78-68(63)66(61)76)41-34-37-44(38-35-41)74-58-32-16-12-28-54(58)71-69(74)75-56-30-14-9-25-50(56)64-65(75)48-23-7-6-22-47(48)62-51-26-10-17-33-59(51)77-67(62)64/h1-40H. The van der Waals surface area contributed by atoms with Gasteiger partial charge in [-0.25, -0.2) is 9.97 Å². The van der Waals surface area contributed by atoms with Gasteiger partial charge in [-0.3, -0.25) is 18.3 Å². The number of nitrogens with zero attached hydrogens (tertiary/aromatic N) is 6. The second kappa shape index (κ2) is 15.4. The van der Waals surface area contributed by atoms with Crippen molar-refractivity contribution in [1.29, 1.82) is 0 Å². The van der Waals surface area contributed by atoms with Crippen molar-refractivity contribution in [3.63, 3.8) is 0 Å². The summed E-state index contributed by atoms with van der Waals surface area (Å²) in [6.07, 6.45) is 0. The molecule has 18 aromatic rings. The third kappa shape index (κ3) is 5.51. The van der Waals surface area contributed by atoms with Crippen molar-refractivity contribution in [2.75, 3.05) is 0 Å². The Kier molecular flexibility index (Phi) is 8.24. The zero-order valence-corrected chi connectivity index (χ0v) is 41.6. The lowest BCUT2D eigenvalue weighted by molar-refractivity contribution is 0.671. The van der Waals surface area contributed by atoms with E-state index in [2.05, 4.69) is 255 Å². The molecule has 0 fully saturated rings. The highest BCUT2D eigenvalue weighted by Crippen LogP contribution is 2.49. The van der Waals surface area contributed by atoms with Crippen LogP contribution in [0.3, 0.4) is 0 Å². The molecule has 0 aliphatic heterocycles. The molecule has 0 N–H and O–H groups in total. The Bertz CT molecular complexity index is 5570. The molecular weight excluding hydrogens is 957 g/mol. The van der Waals surface area contributed by atoms with Gasteiger partial charge in [-0.05, 0) is 106 Å². The van der Waals surface area contributed by atoms with Gasteiger partial charge in [-0.2, -0.15) is 0 Å². The van der Waals surface area contributed by atoms with E-state index in [1.165, 1.54) is 0 Å². The van der Waals surface area contributed by atoms with E-state index in [1.54, 1.807) is 0 Å². The Balaban J connectivity index is 0.846. The summed E-state index contributed by atoms with van der Waals surface area (Å²) in [5.74, 6) is 1.60. The Morgan fingerprint density at radius 3 is 1.38 bits per heavy atom. The topological polar surface area (TPSA) is 71.8 Å². The van der Waals surface area contributed by atoms with Crippen LogP contribution in [0.5, 0.6) is 0 Å². The van der Waals surface area contributed by atoms with Crippen molar-refractivity contribution in [2.45, 2.75) is 0 Å². The molecule has 6 heterocycles. The van der Waals surface area contributed by atoms with E-state index in [4.69, 9.17) is 18.8 Å². The quantitative estimate of drug-likeness (QED) is 0.172. The molecule has 0 saturated heterocycles. The molecule has 18 rings (SSSR count). The lowest BCUT2D eigenvalue weighted by atomic mass is 9.97. The van der Waals surface area contributed by atoms with Gasteiger partial charge in [0.25, 0.3) is 0 Å². The van der Waals surface area contributed by atoms with Crippen LogP contribution in [0.4, 0.5) is 0 Å². The van der Waals surface area contributed by atoms with Crippen molar-refractivity contribution in [2.24, 2.45) is 0 Å². The zero-order chi connectivity index (χ0) is 50.7. The summed E-state index contributed by atoms with van der Waals surface area (Å²) in [6, 6.07) is 86.1. The highest BCUT2D eigenvalue weighted by molar-refractivity contribution is 6.36. The summed E-state index contributed by atoms with van der Waals surface area (Å²) >= 11 is 0. The number of furan rings is 2. The third-order valence-corrected chi connectivity index (χ3v) is 16.4. The predicted octanol–water partition coefficient (Wildman–Crippen LogP) is 18.3. The molecule has 0 bridgehead atoms. The summed E-state index contributed by atoms with van der Waals surface area (Å²) in [5.41, 5.74) is 15.7. The van der Waals surface area contributed by atoms with Gasteiger partial charge in [0.2, 0.25) is 11.9 Å². The molecule has 78 heavy (non-hydrogen) atoms. The first-order valence-electron chi connectivity index (χ1n) is 26.4. The molecule has 6 aromatic heterocycles. The maximum Gasteiger partial charge on any atom is 0.220 e. The summed E-state index contributed by atoms with van der Waals surface area (Å²) < 4.78 is 23.3. The maximum absolute atomic E-state index is 7.18. The average molecular weight is 997 g/mol. The fourth-order valence-electron chi connectivity index (χ4n) is 13.1. The minimum Gasteiger partial charge on any atom is -0.455 e. The first kappa shape index (κ1) is 41.6. The number of benzene rings is 12. The first-order valence-corrected chi connectivity index (χ1v) is 26.4. The molecular formula is C70H40N6O2. The number of para-hydroxylation sites is 8. The number of hydrogen-bond donors (Lipinski definition) is 0. The molecule has 12 aromatic carbocycles. The SMILES string of the molecule is c1ccc(-n2c(-n3c4ccccc4c4c5ccccc5c5c6cc(-c7ccc(-n8c(-n9c%10ccccc%10c%10c%11oc%12ccccc%12c%11c%11ccccc%11c%109)nc9ccccc98)cc7)ccc6oc5c43)nc3ccccc32)cc1. The smallest absolute Gasteiger partial charge is 0.220 e. The van der Waals surface area contributed by atoms with Crippen LogP contribution in [0.25, 0.3) is 165 Å². The Labute approximate surface area is 443 Å². The van der Waals surface area contributed by atoms with E-state index in [0.29, 0.717) is 0 Å². The fourth-order valence-corrected chi connectivity index (χ4v) is 13.1. The van der Waals surface area contributed by atoms with Crippen LogP contribution in [0.15, 0.2) is 251 Å². The molecule has 8 nitrogen and oxygen atoms in total. The van der Waals surface area contributed by atoms with Crippen molar-refractivity contribution in [1.82, 2.24) is 28.2 Å². The largest absolute Gasteiger partial charge is 0.455 e. The van der Waals surface area contributed by atoms with E-state index >= 15 is 0 Å². The van der Waals surface area contributed by atoms with Gasteiger partial charge in [0.15, 0.2) is 5.58 Å². The average Bonchev–Trinajstić information content (AvgIpc) is 4.43. The molecule has 0 unspecified atom stereocenters. The molecule has 0 amide bonds. The number of aromatic nitrogens is 6. The Morgan fingerprint density at radius 1 is 0.269 bits per heavy atom. The normalized spacial score (nSPS) is 12.4. The van der Waals surface area contributed by atoms with Crippen LogP contribution in [0.2, 0.25) is 0 Å². The molecule has 8 heteroatoms. The van der Waals surface area contributed by atoms with Crippen molar-refractivity contribution >= 4 is 131 Å². The number of fused-ring (bicyclic) bond motifs is 22. The summed E-state index contributed by atoms with van der Waals surface area (Å²) in [6.45, 7) is 0. The minimum atomic E-state index is 0.801. The highest BCUT2D eigenvalue weighted by atomic mass is 16.3. The fraction of sp³-hybridized carbons (Fsp3) is 0. The second-order valence-corrected chi connectivity index (χ2v) is 20.4.